The summed E-state index contributed by atoms with van der Waals surface area (Å²) in [7, 11) is 1.77. The summed E-state index contributed by atoms with van der Waals surface area (Å²) in [6.45, 7) is 10.1. The molecule has 0 saturated heterocycles. The molecule has 0 aliphatic carbocycles. The first kappa shape index (κ1) is 14.7. The van der Waals surface area contributed by atoms with Crippen molar-refractivity contribution in [3.05, 3.63) is 12.7 Å². The largest absolute Gasteiger partial charge is 0.383 e. The molecule has 15 heavy (non-hydrogen) atoms. The molecule has 0 bridgehead atoms. The van der Waals surface area contributed by atoms with Gasteiger partial charge in [-0.05, 0) is 31.7 Å². The van der Waals surface area contributed by atoms with E-state index < -0.39 is 0 Å². The molecule has 0 aliphatic rings. The van der Waals surface area contributed by atoms with E-state index in [9.17, 15) is 0 Å². The maximum atomic E-state index is 5.19. The highest BCUT2D eigenvalue weighted by Crippen LogP contribution is 2.03. The zero-order chi connectivity index (χ0) is 11.5. The summed E-state index contributed by atoms with van der Waals surface area (Å²) in [5, 5.41) is 3.55. The van der Waals surface area contributed by atoms with Crippen LogP contribution in [0.15, 0.2) is 12.7 Å². The first-order valence-corrected chi connectivity index (χ1v) is 6.05. The molecule has 0 rings (SSSR count). The van der Waals surface area contributed by atoms with Crippen LogP contribution < -0.4 is 5.32 Å². The van der Waals surface area contributed by atoms with Gasteiger partial charge in [0.05, 0.1) is 6.61 Å². The smallest absolute Gasteiger partial charge is 0.0618 e. The number of rotatable bonds is 10. The molecule has 0 aromatic rings. The van der Waals surface area contributed by atoms with E-state index >= 15 is 0 Å². The quantitative estimate of drug-likeness (QED) is 0.445. The molecule has 2 nitrogen and oxygen atoms in total. The van der Waals surface area contributed by atoms with Crippen molar-refractivity contribution < 1.29 is 4.74 Å². The summed E-state index contributed by atoms with van der Waals surface area (Å²) in [5.41, 5.74) is 0. The molecule has 2 heteroatoms. The predicted octanol–water partition coefficient (Wildman–Crippen LogP) is 2.99. The Hall–Kier alpha value is -0.340. The molecule has 90 valence electrons. The van der Waals surface area contributed by atoms with Crippen LogP contribution in [-0.4, -0.2) is 26.3 Å². The van der Waals surface area contributed by atoms with Crippen LogP contribution >= 0.6 is 0 Å². The van der Waals surface area contributed by atoms with Crippen molar-refractivity contribution in [3.63, 3.8) is 0 Å². The van der Waals surface area contributed by atoms with Gasteiger partial charge in [-0.2, -0.15) is 0 Å². The SMILES string of the molecule is C=CCCCCCNC(COC)C(C)C. The highest BCUT2D eigenvalue weighted by atomic mass is 16.5. The summed E-state index contributed by atoms with van der Waals surface area (Å²) in [5.74, 6) is 0.637. The number of methoxy groups -OCH3 is 1. The van der Waals surface area contributed by atoms with Crippen molar-refractivity contribution >= 4 is 0 Å². The Labute approximate surface area is 95.1 Å². The molecule has 0 radical (unpaired) electrons. The Morgan fingerprint density at radius 2 is 2.00 bits per heavy atom. The molecule has 0 aromatic heterocycles. The van der Waals surface area contributed by atoms with Gasteiger partial charge in [-0.1, -0.05) is 26.3 Å². The minimum absolute atomic E-state index is 0.495. The molecule has 1 atom stereocenters. The van der Waals surface area contributed by atoms with Crippen molar-refractivity contribution in [2.45, 2.75) is 45.6 Å². The molecular formula is C13H27NO. The van der Waals surface area contributed by atoms with Gasteiger partial charge in [-0.15, -0.1) is 6.58 Å². The van der Waals surface area contributed by atoms with Crippen LogP contribution in [0.1, 0.15) is 39.5 Å². The monoisotopic (exact) mass is 213 g/mol. The maximum absolute atomic E-state index is 5.19. The summed E-state index contributed by atoms with van der Waals surface area (Å²) >= 11 is 0. The molecule has 1 unspecified atom stereocenters. The zero-order valence-corrected chi connectivity index (χ0v) is 10.6. The average molecular weight is 213 g/mol. The van der Waals surface area contributed by atoms with Crippen molar-refractivity contribution in [3.8, 4) is 0 Å². The van der Waals surface area contributed by atoms with Crippen LogP contribution in [0.4, 0.5) is 0 Å². The molecule has 0 heterocycles. The second kappa shape index (κ2) is 10.2. The highest BCUT2D eigenvalue weighted by Gasteiger charge is 2.11. The van der Waals surface area contributed by atoms with Crippen LogP contribution in [0.25, 0.3) is 0 Å². The second-order valence-electron chi connectivity index (χ2n) is 4.40. The number of hydrogen-bond acceptors (Lipinski definition) is 2. The third-order valence-corrected chi connectivity index (χ3v) is 2.64. The fourth-order valence-electron chi connectivity index (χ4n) is 1.54. The Bertz CT molecular complexity index is 145. The minimum Gasteiger partial charge on any atom is -0.383 e. The van der Waals surface area contributed by atoms with E-state index in [0.717, 1.165) is 19.6 Å². The van der Waals surface area contributed by atoms with Crippen LogP contribution in [0.5, 0.6) is 0 Å². The van der Waals surface area contributed by atoms with Gasteiger partial charge in [-0.3, -0.25) is 0 Å². The first-order valence-electron chi connectivity index (χ1n) is 6.05. The van der Waals surface area contributed by atoms with Gasteiger partial charge in [-0.25, -0.2) is 0 Å². The van der Waals surface area contributed by atoms with E-state index in [4.69, 9.17) is 4.74 Å². The van der Waals surface area contributed by atoms with Crippen LogP contribution in [-0.2, 0) is 4.74 Å². The molecule has 1 N–H and O–H groups in total. The predicted molar refractivity (Wildman–Crippen MR) is 67.2 cm³/mol. The molecule has 0 spiro atoms. The van der Waals surface area contributed by atoms with Crippen molar-refractivity contribution in [1.29, 1.82) is 0 Å². The highest BCUT2D eigenvalue weighted by molar-refractivity contribution is 4.70. The molecule has 0 saturated carbocycles. The van der Waals surface area contributed by atoms with Crippen molar-refractivity contribution in [2.24, 2.45) is 5.92 Å². The van der Waals surface area contributed by atoms with Crippen molar-refractivity contribution in [2.75, 3.05) is 20.3 Å². The Morgan fingerprint density at radius 1 is 1.27 bits per heavy atom. The van der Waals surface area contributed by atoms with E-state index in [1.165, 1.54) is 19.3 Å². The second-order valence-corrected chi connectivity index (χ2v) is 4.40. The van der Waals surface area contributed by atoms with E-state index in [2.05, 4.69) is 25.7 Å². The standard InChI is InChI=1S/C13H27NO/c1-5-6-7-8-9-10-14-13(11-15-4)12(2)3/h5,12-14H,1,6-11H2,2-4H3. The summed E-state index contributed by atoms with van der Waals surface area (Å²) in [6.07, 6.45) is 6.94. The molecule has 0 fully saturated rings. The van der Waals surface area contributed by atoms with Gasteiger partial charge in [0.15, 0.2) is 0 Å². The summed E-state index contributed by atoms with van der Waals surface area (Å²) in [6, 6.07) is 0.495. The Kier molecular flexibility index (Phi) is 9.96. The molecule has 0 amide bonds. The molecule has 0 aliphatic heterocycles. The normalized spacial score (nSPS) is 13.1. The van der Waals surface area contributed by atoms with Gasteiger partial charge in [0, 0.05) is 13.2 Å². The summed E-state index contributed by atoms with van der Waals surface area (Å²) in [4.78, 5) is 0. The van der Waals surface area contributed by atoms with E-state index in [1.807, 2.05) is 6.08 Å². The van der Waals surface area contributed by atoms with Crippen molar-refractivity contribution in [1.82, 2.24) is 5.32 Å². The lowest BCUT2D eigenvalue weighted by Gasteiger charge is -2.21. The number of allylic oxidation sites excluding steroid dienone is 1. The van der Waals surface area contributed by atoms with E-state index in [-0.39, 0.29) is 0 Å². The van der Waals surface area contributed by atoms with Crippen LogP contribution in [0.3, 0.4) is 0 Å². The lowest BCUT2D eigenvalue weighted by Crippen LogP contribution is -2.38. The van der Waals surface area contributed by atoms with Crippen LogP contribution in [0, 0.1) is 5.92 Å². The minimum atomic E-state index is 0.495. The zero-order valence-electron chi connectivity index (χ0n) is 10.6. The third kappa shape index (κ3) is 8.64. The topological polar surface area (TPSA) is 21.3 Å². The number of ether oxygens (including phenoxy) is 1. The molecular weight excluding hydrogens is 186 g/mol. The van der Waals surface area contributed by atoms with Gasteiger partial charge in [0.1, 0.15) is 0 Å². The fourth-order valence-corrected chi connectivity index (χ4v) is 1.54. The van der Waals surface area contributed by atoms with Gasteiger partial charge < -0.3 is 10.1 Å². The third-order valence-electron chi connectivity index (χ3n) is 2.64. The van der Waals surface area contributed by atoms with Crippen LogP contribution in [0.2, 0.25) is 0 Å². The maximum Gasteiger partial charge on any atom is 0.0618 e. The number of hydrogen-bond donors (Lipinski definition) is 1. The van der Waals surface area contributed by atoms with E-state index in [0.29, 0.717) is 12.0 Å². The van der Waals surface area contributed by atoms with Gasteiger partial charge in [0.25, 0.3) is 0 Å². The average Bonchev–Trinajstić information content (AvgIpc) is 2.21. The number of unbranched alkanes of at least 4 members (excludes halogenated alkanes) is 3. The number of nitrogens with one attached hydrogen (secondary N) is 1. The molecule has 0 aromatic carbocycles. The van der Waals surface area contributed by atoms with Gasteiger partial charge >= 0.3 is 0 Å². The van der Waals surface area contributed by atoms with Gasteiger partial charge in [0.2, 0.25) is 0 Å². The van der Waals surface area contributed by atoms with E-state index in [1.54, 1.807) is 7.11 Å². The summed E-state index contributed by atoms with van der Waals surface area (Å²) < 4.78 is 5.19. The Morgan fingerprint density at radius 3 is 2.53 bits per heavy atom. The fraction of sp³-hybridized carbons (Fsp3) is 0.846. The lowest BCUT2D eigenvalue weighted by atomic mass is 10.1. The Balaban J connectivity index is 3.40. The first-order chi connectivity index (χ1) is 7.22. The lowest BCUT2D eigenvalue weighted by molar-refractivity contribution is 0.147.